The Balaban J connectivity index is 1.34. The fourth-order valence-electron chi connectivity index (χ4n) is 5.59. The average molecular weight is 670 g/mol. The largest absolute Gasteiger partial charge is 0.478 e. The molecule has 0 radical (unpaired) electrons. The van der Waals surface area contributed by atoms with Gasteiger partial charge in [0, 0.05) is 35.6 Å². The Bertz CT molecular complexity index is 1710. The van der Waals surface area contributed by atoms with Crippen molar-refractivity contribution in [2.24, 2.45) is 5.92 Å². The molecule has 0 saturated carbocycles. The zero-order valence-electron chi connectivity index (χ0n) is 27.0. The van der Waals surface area contributed by atoms with E-state index in [0.29, 0.717) is 5.75 Å². The van der Waals surface area contributed by atoms with Crippen molar-refractivity contribution in [2.45, 2.75) is 63.4 Å². The lowest BCUT2D eigenvalue weighted by molar-refractivity contribution is -0.268. The van der Waals surface area contributed by atoms with Crippen molar-refractivity contribution < 1.29 is 38.8 Å². The Labute approximate surface area is 284 Å². The molecule has 1 saturated heterocycles. The molecule has 1 aliphatic rings. The van der Waals surface area contributed by atoms with E-state index in [9.17, 15) is 24.6 Å². The number of aliphatic hydroxyl groups is 1. The number of carbonyl (C=O) groups excluding carboxylic acids is 2. The monoisotopic (exact) mass is 669 g/mol. The van der Waals surface area contributed by atoms with Crippen molar-refractivity contribution >= 4 is 29.6 Å². The predicted molar refractivity (Wildman–Crippen MR) is 182 cm³/mol. The first-order chi connectivity index (χ1) is 23.1. The third kappa shape index (κ3) is 8.70. The summed E-state index contributed by atoms with van der Waals surface area (Å²) in [7, 11) is 0. The highest BCUT2D eigenvalue weighted by atomic mass is 32.2. The van der Waals surface area contributed by atoms with Crippen LogP contribution in [0.5, 0.6) is 0 Å². The van der Waals surface area contributed by atoms with Crippen LogP contribution in [-0.2, 0) is 37.0 Å². The molecular weight excluding hydrogens is 630 g/mol. The molecule has 4 aromatic rings. The number of benzene rings is 4. The molecule has 0 aromatic heterocycles. The number of aromatic carboxylic acids is 1. The van der Waals surface area contributed by atoms with Crippen LogP contribution < -0.4 is 5.32 Å². The Morgan fingerprint density at radius 3 is 2.21 bits per heavy atom. The normalized spacial score (nSPS) is 19.7. The van der Waals surface area contributed by atoms with E-state index in [2.05, 4.69) is 12.2 Å². The lowest BCUT2D eigenvalue weighted by Crippen LogP contribution is -2.38. The molecule has 0 bridgehead atoms. The Morgan fingerprint density at radius 1 is 0.896 bits per heavy atom. The van der Waals surface area contributed by atoms with E-state index in [1.165, 1.54) is 13.8 Å². The number of amides is 1. The van der Waals surface area contributed by atoms with E-state index >= 15 is 0 Å². The molecule has 9 nitrogen and oxygen atoms in total. The minimum absolute atomic E-state index is 0.00283. The molecule has 48 heavy (non-hydrogen) atoms. The van der Waals surface area contributed by atoms with Gasteiger partial charge in [-0.25, -0.2) is 4.79 Å². The third-order valence-corrected chi connectivity index (χ3v) is 9.42. The highest BCUT2D eigenvalue weighted by molar-refractivity contribution is 7.99. The number of aliphatic hydroxyl groups excluding tert-OH is 1. The number of thioether (sulfide) groups is 1. The van der Waals surface area contributed by atoms with Crippen LogP contribution in [0.1, 0.15) is 65.8 Å². The second kappa shape index (κ2) is 16.1. The third-order valence-electron chi connectivity index (χ3n) is 8.32. The minimum Gasteiger partial charge on any atom is -0.478 e. The SMILES string of the molecule is CC(=O)O[C@@H](C)C(=O)NCc1ccccc1-c1ccc([C@@H]2O[C@H](CSc3ccc(C(=O)O)cc3)[C@H](C)[C@H](c3ccc(CO)cc3)O2)cc1. The van der Waals surface area contributed by atoms with Crippen LogP contribution in [0.25, 0.3) is 11.1 Å². The Hall–Kier alpha value is -4.48. The lowest BCUT2D eigenvalue weighted by atomic mass is 9.91. The molecular formula is C38H39NO8S. The van der Waals surface area contributed by atoms with Gasteiger partial charge in [0.25, 0.3) is 5.91 Å². The molecule has 0 unspecified atom stereocenters. The summed E-state index contributed by atoms with van der Waals surface area (Å²) >= 11 is 1.60. The van der Waals surface area contributed by atoms with Gasteiger partial charge in [0.1, 0.15) is 0 Å². The fraction of sp³-hybridized carbons (Fsp3) is 0.289. The summed E-state index contributed by atoms with van der Waals surface area (Å²) < 4.78 is 18.2. The first-order valence-corrected chi connectivity index (χ1v) is 16.7. The van der Waals surface area contributed by atoms with Gasteiger partial charge in [-0.2, -0.15) is 0 Å². The summed E-state index contributed by atoms with van der Waals surface area (Å²) in [6.45, 7) is 5.14. The van der Waals surface area contributed by atoms with Crippen LogP contribution in [0, 0.1) is 5.92 Å². The highest BCUT2D eigenvalue weighted by Gasteiger charge is 2.38. The van der Waals surface area contributed by atoms with Gasteiger partial charge < -0.3 is 29.7 Å². The number of carboxylic acid groups (broad SMARTS) is 1. The highest BCUT2D eigenvalue weighted by Crippen LogP contribution is 2.43. The van der Waals surface area contributed by atoms with E-state index in [1.807, 2.05) is 84.9 Å². The lowest BCUT2D eigenvalue weighted by Gasteiger charge is -2.41. The second-order valence-corrected chi connectivity index (χ2v) is 12.8. The molecule has 1 aliphatic heterocycles. The number of rotatable bonds is 12. The molecule has 250 valence electrons. The van der Waals surface area contributed by atoms with Crippen LogP contribution in [0.4, 0.5) is 0 Å². The van der Waals surface area contributed by atoms with E-state index < -0.39 is 24.3 Å². The maximum atomic E-state index is 12.4. The molecule has 0 spiro atoms. The van der Waals surface area contributed by atoms with E-state index in [-0.39, 0.29) is 42.7 Å². The van der Waals surface area contributed by atoms with Crippen molar-refractivity contribution in [3.8, 4) is 11.1 Å². The number of carbonyl (C=O) groups is 3. The maximum absolute atomic E-state index is 12.4. The number of hydrogen-bond donors (Lipinski definition) is 3. The maximum Gasteiger partial charge on any atom is 0.335 e. The summed E-state index contributed by atoms with van der Waals surface area (Å²) in [4.78, 5) is 35.9. The van der Waals surface area contributed by atoms with Crippen LogP contribution in [-0.4, -0.2) is 46.0 Å². The first-order valence-electron chi connectivity index (χ1n) is 15.7. The van der Waals surface area contributed by atoms with Gasteiger partial charge in [0.05, 0.1) is 24.4 Å². The van der Waals surface area contributed by atoms with Crippen molar-refractivity contribution in [2.75, 3.05) is 5.75 Å². The molecule has 3 N–H and O–H groups in total. The topological polar surface area (TPSA) is 131 Å². The van der Waals surface area contributed by atoms with Gasteiger partial charge in [-0.15, -0.1) is 11.8 Å². The van der Waals surface area contributed by atoms with Gasteiger partial charge in [-0.05, 0) is 59.0 Å². The van der Waals surface area contributed by atoms with Gasteiger partial charge in [0.2, 0.25) is 0 Å². The predicted octanol–water partition coefficient (Wildman–Crippen LogP) is 6.70. The fourth-order valence-corrected chi connectivity index (χ4v) is 6.65. The molecule has 1 fully saturated rings. The summed E-state index contributed by atoms with van der Waals surface area (Å²) in [5.74, 6) is -1.22. The number of nitrogens with one attached hydrogen (secondary N) is 1. The van der Waals surface area contributed by atoms with Gasteiger partial charge in [0.15, 0.2) is 12.4 Å². The van der Waals surface area contributed by atoms with Gasteiger partial charge in [-0.3, -0.25) is 9.59 Å². The average Bonchev–Trinajstić information content (AvgIpc) is 3.10. The second-order valence-electron chi connectivity index (χ2n) is 11.7. The van der Waals surface area contributed by atoms with Gasteiger partial charge >= 0.3 is 11.9 Å². The standard InChI is InChI=1S/C38H39NO8S/c1-23-34(22-48-32-18-16-29(17-19-32)37(43)44)46-38(47-35(23)28-10-8-26(21-40)9-11-28)30-14-12-27(13-15-30)33-7-5-4-6-31(33)20-39-36(42)24(2)45-25(3)41/h4-19,23-24,34-35,38,40H,20-22H2,1-3H3,(H,39,42)(H,43,44)/t23-,24-,34+,35+,38+/m0/s1. The minimum atomic E-state index is -0.960. The number of esters is 1. The van der Waals surface area contributed by atoms with Crippen LogP contribution in [0.3, 0.4) is 0 Å². The molecule has 1 amide bonds. The van der Waals surface area contributed by atoms with Crippen molar-refractivity contribution in [3.05, 3.63) is 125 Å². The van der Waals surface area contributed by atoms with Crippen LogP contribution in [0.15, 0.2) is 102 Å². The molecule has 5 rings (SSSR count). The van der Waals surface area contributed by atoms with Crippen molar-refractivity contribution in [3.63, 3.8) is 0 Å². The van der Waals surface area contributed by atoms with E-state index in [0.717, 1.165) is 38.3 Å². The summed E-state index contributed by atoms with van der Waals surface area (Å²) in [5, 5.41) is 21.7. The number of hydrogen-bond acceptors (Lipinski definition) is 8. The zero-order valence-corrected chi connectivity index (χ0v) is 27.8. The smallest absolute Gasteiger partial charge is 0.335 e. The molecule has 5 atom stereocenters. The van der Waals surface area contributed by atoms with Crippen molar-refractivity contribution in [1.29, 1.82) is 0 Å². The summed E-state index contributed by atoms with van der Waals surface area (Å²) in [5.41, 5.74) is 5.72. The van der Waals surface area contributed by atoms with Crippen molar-refractivity contribution in [1.82, 2.24) is 5.32 Å². The summed E-state index contributed by atoms with van der Waals surface area (Å²) in [6, 6.07) is 30.3. The van der Waals surface area contributed by atoms with Crippen LogP contribution in [0.2, 0.25) is 0 Å². The zero-order chi connectivity index (χ0) is 34.2. The Kier molecular flexibility index (Phi) is 11.7. The molecule has 1 heterocycles. The van der Waals surface area contributed by atoms with Crippen LogP contribution >= 0.6 is 11.8 Å². The number of carboxylic acids is 1. The summed E-state index contributed by atoms with van der Waals surface area (Å²) in [6.07, 6.45) is -1.98. The Morgan fingerprint density at radius 2 is 1.56 bits per heavy atom. The number of ether oxygens (including phenoxy) is 3. The molecule has 0 aliphatic carbocycles. The first kappa shape index (κ1) is 34.8. The van der Waals surface area contributed by atoms with Gasteiger partial charge in [-0.1, -0.05) is 79.7 Å². The molecule has 10 heteroatoms. The quantitative estimate of drug-likeness (QED) is 0.111. The molecule has 4 aromatic carbocycles. The van der Waals surface area contributed by atoms with E-state index in [4.69, 9.17) is 14.2 Å². The van der Waals surface area contributed by atoms with E-state index in [1.54, 1.807) is 23.9 Å².